The zero-order valence-corrected chi connectivity index (χ0v) is 12.3. The van der Waals surface area contributed by atoms with Crippen LogP contribution in [0.1, 0.15) is 42.7 Å². The van der Waals surface area contributed by atoms with Crippen molar-refractivity contribution in [3.63, 3.8) is 0 Å². The van der Waals surface area contributed by atoms with E-state index in [2.05, 4.69) is 65.7 Å². The maximum absolute atomic E-state index is 3.71. The number of benzene rings is 1. The molecule has 1 N–H and O–H groups in total. The first kappa shape index (κ1) is 13.4. The molecule has 0 radical (unpaired) electrons. The van der Waals surface area contributed by atoms with Crippen LogP contribution < -0.4 is 5.32 Å². The summed E-state index contributed by atoms with van der Waals surface area (Å²) < 4.78 is 2.11. The summed E-state index contributed by atoms with van der Waals surface area (Å²) in [5.74, 6) is 0.769. The third-order valence-corrected chi connectivity index (χ3v) is 4.49. The molecule has 1 aromatic heterocycles. The van der Waals surface area contributed by atoms with Crippen molar-refractivity contribution in [3.8, 4) is 0 Å². The lowest BCUT2D eigenvalue weighted by molar-refractivity contribution is 0.341. The molecule has 1 aliphatic carbocycles. The Balaban J connectivity index is 1.47. The molecule has 106 valence electrons. The van der Waals surface area contributed by atoms with Gasteiger partial charge in [0.15, 0.2) is 0 Å². The lowest BCUT2D eigenvalue weighted by Gasteiger charge is -2.29. The van der Waals surface area contributed by atoms with Crippen LogP contribution in [0.15, 0.2) is 48.8 Å². The molecule has 0 saturated heterocycles. The van der Waals surface area contributed by atoms with E-state index >= 15 is 0 Å². The molecule has 1 aliphatic rings. The van der Waals surface area contributed by atoms with Gasteiger partial charge in [-0.15, -0.1) is 0 Å². The van der Waals surface area contributed by atoms with E-state index in [-0.39, 0.29) is 0 Å². The van der Waals surface area contributed by atoms with E-state index < -0.39 is 0 Å². The Kier molecular flexibility index (Phi) is 4.22. The van der Waals surface area contributed by atoms with Gasteiger partial charge >= 0.3 is 0 Å². The third-order valence-electron chi connectivity index (χ3n) is 4.49. The van der Waals surface area contributed by atoms with Gasteiger partial charge < -0.3 is 9.88 Å². The first-order chi connectivity index (χ1) is 9.81. The van der Waals surface area contributed by atoms with Crippen LogP contribution in [-0.4, -0.2) is 10.6 Å². The Bertz CT molecular complexity index is 521. The first-order valence-corrected chi connectivity index (χ1v) is 7.70. The van der Waals surface area contributed by atoms with Crippen LogP contribution in [0, 0.1) is 0 Å². The number of hydrogen-bond acceptors (Lipinski definition) is 1. The fraction of sp³-hybridized carbons (Fsp3) is 0.444. The molecular formula is C18H24N2. The summed E-state index contributed by atoms with van der Waals surface area (Å²) in [7, 11) is 2.08. The molecule has 20 heavy (non-hydrogen) atoms. The second-order valence-electron chi connectivity index (χ2n) is 6.03. The molecule has 0 spiro atoms. The summed E-state index contributed by atoms with van der Waals surface area (Å²) in [4.78, 5) is 0. The molecule has 1 fully saturated rings. The van der Waals surface area contributed by atoms with Crippen molar-refractivity contribution < 1.29 is 0 Å². The number of nitrogens with zero attached hydrogens (tertiary/aromatic N) is 1. The molecule has 0 atom stereocenters. The van der Waals surface area contributed by atoms with Gasteiger partial charge in [-0.25, -0.2) is 0 Å². The van der Waals surface area contributed by atoms with Gasteiger partial charge in [0.1, 0.15) is 0 Å². The summed E-state index contributed by atoms with van der Waals surface area (Å²) in [6.45, 7) is 1.00. The van der Waals surface area contributed by atoms with Gasteiger partial charge in [-0.1, -0.05) is 30.3 Å². The fourth-order valence-corrected chi connectivity index (χ4v) is 3.28. The van der Waals surface area contributed by atoms with E-state index in [1.54, 1.807) is 0 Å². The van der Waals surface area contributed by atoms with E-state index in [1.807, 2.05) is 0 Å². The second kappa shape index (κ2) is 6.27. The Labute approximate surface area is 121 Å². The van der Waals surface area contributed by atoms with Gasteiger partial charge in [0, 0.05) is 32.0 Å². The molecule has 1 aromatic carbocycles. The Morgan fingerprint density at radius 2 is 1.80 bits per heavy atom. The van der Waals surface area contributed by atoms with Crippen molar-refractivity contribution >= 4 is 0 Å². The Morgan fingerprint density at radius 3 is 2.45 bits per heavy atom. The van der Waals surface area contributed by atoms with Crippen LogP contribution in [0.2, 0.25) is 0 Å². The summed E-state index contributed by atoms with van der Waals surface area (Å²) in [5, 5.41) is 3.71. The lowest BCUT2D eigenvalue weighted by Crippen LogP contribution is -2.32. The third kappa shape index (κ3) is 3.31. The zero-order valence-electron chi connectivity index (χ0n) is 12.3. The van der Waals surface area contributed by atoms with Gasteiger partial charge in [-0.2, -0.15) is 0 Å². The average Bonchev–Trinajstić information content (AvgIpc) is 2.92. The van der Waals surface area contributed by atoms with E-state index in [9.17, 15) is 0 Å². The summed E-state index contributed by atoms with van der Waals surface area (Å²) >= 11 is 0. The fourth-order valence-electron chi connectivity index (χ4n) is 3.28. The molecular weight excluding hydrogens is 244 g/mol. The number of nitrogens with one attached hydrogen (secondary N) is 1. The molecule has 0 aliphatic heterocycles. The maximum atomic E-state index is 3.71. The van der Waals surface area contributed by atoms with Crippen LogP contribution in [0.25, 0.3) is 0 Å². The highest BCUT2D eigenvalue weighted by Crippen LogP contribution is 2.32. The molecule has 0 bridgehead atoms. The quantitative estimate of drug-likeness (QED) is 0.891. The van der Waals surface area contributed by atoms with Crippen molar-refractivity contribution in [2.75, 3.05) is 0 Å². The largest absolute Gasteiger partial charge is 0.357 e. The normalized spacial score (nSPS) is 22.9. The molecule has 2 heteroatoms. The topological polar surface area (TPSA) is 17.0 Å². The SMILES string of the molecule is Cn1ccc(CNC2CCC(c3ccccc3)CC2)c1. The van der Waals surface area contributed by atoms with E-state index in [4.69, 9.17) is 0 Å². The van der Waals surface area contributed by atoms with Gasteiger partial charge in [0.25, 0.3) is 0 Å². The minimum atomic E-state index is 0.690. The Hall–Kier alpha value is -1.54. The van der Waals surface area contributed by atoms with Crippen LogP contribution in [0.5, 0.6) is 0 Å². The summed E-state index contributed by atoms with van der Waals surface area (Å²) in [6.07, 6.45) is 9.54. The molecule has 3 rings (SSSR count). The molecule has 2 nitrogen and oxygen atoms in total. The monoisotopic (exact) mass is 268 g/mol. The van der Waals surface area contributed by atoms with Gasteiger partial charge in [0.05, 0.1) is 0 Å². The first-order valence-electron chi connectivity index (χ1n) is 7.70. The predicted molar refractivity (Wildman–Crippen MR) is 83.7 cm³/mol. The number of rotatable bonds is 4. The van der Waals surface area contributed by atoms with Gasteiger partial charge in [-0.05, 0) is 48.8 Å². The molecule has 0 unspecified atom stereocenters. The zero-order chi connectivity index (χ0) is 13.8. The number of hydrogen-bond donors (Lipinski definition) is 1. The van der Waals surface area contributed by atoms with E-state index in [0.29, 0.717) is 6.04 Å². The average molecular weight is 268 g/mol. The van der Waals surface area contributed by atoms with Crippen molar-refractivity contribution in [2.24, 2.45) is 7.05 Å². The van der Waals surface area contributed by atoms with Crippen LogP contribution >= 0.6 is 0 Å². The maximum Gasteiger partial charge on any atom is 0.0223 e. The van der Waals surface area contributed by atoms with E-state index in [0.717, 1.165) is 12.5 Å². The van der Waals surface area contributed by atoms with Crippen LogP contribution in [0.3, 0.4) is 0 Å². The number of aromatic nitrogens is 1. The molecule has 1 saturated carbocycles. The van der Waals surface area contributed by atoms with Gasteiger partial charge in [0.2, 0.25) is 0 Å². The smallest absolute Gasteiger partial charge is 0.0223 e. The minimum absolute atomic E-state index is 0.690. The molecule has 2 aromatic rings. The van der Waals surface area contributed by atoms with Crippen molar-refractivity contribution in [1.29, 1.82) is 0 Å². The molecule has 0 amide bonds. The number of aryl methyl sites for hydroxylation is 1. The molecule has 1 heterocycles. The minimum Gasteiger partial charge on any atom is -0.357 e. The summed E-state index contributed by atoms with van der Waals surface area (Å²) in [5.41, 5.74) is 2.91. The van der Waals surface area contributed by atoms with Crippen LogP contribution in [-0.2, 0) is 13.6 Å². The highest BCUT2D eigenvalue weighted by Gasteiger charge is 2.21. The standard InChI is InChI=1S/C18H24N2/c1-20-12-11-15(14-20)13-19-18-9-7-17(8-10-18)16-5-3-2-4-6-16/h2-6,11-12,14,17-19H,7-10,13H2,1H3. The van der Waals surface area contributed by atoms with Gasteiger partial charge in [-0.3, -0.25) is 0 Å². The second-order valence-corrected chi connectivity index (χ2v) is 6.03. The highest BCUT2D eigenvalue weighted by atomic mass is 14.9. The van der Waals surface area contributed by atoms with Crippen molar-refractivity contribution in [2.45, 2.75) is 44.2 Å². The van der Waals surface area contributed by atoms with E-state index in [1.165, 1.54) is 36.8 Å². The van der Waals surface area contributed by atoms with Crippen molar-refractivity contribution in [1.82, 2.24) is 9.88 Å². The van der Waals surface area contributed by atoms with Crippen LogP contribution in [0.4, 0.5) is 0 Å². The highest BCUT2D eigenvalue weighted by molar-refractivity contribution is 5.20. The van der Waals surface area contributed by atoms with Crippen molar-refractivity contribution in [3.05, 3.63) is 59.9 Å². The Morgan fingerprint density at radius 1 is 1.05 bits per heavy atom. The summed E-state index contributed by atoms with van der Waals surface area (Å²) in [6, 6.07) is 13.9. The predicted octanol–water partition coefficient (Wildman–Crippen LogP) is 3.84. The lowest BCUT2D eigenvalue weighted by atomic mass is 9.82.